The van der Waals surface area contributed by atoms with Crippen molar-refractivity contribution in [1.82, 2.24) is 0 Å². The summed E-state index contributed by atoms with van der Waals surface area (Å²) in [5.74, 6) is 2.37. The second kappa shape index (κ2) is 4.80. The molecule has 2 heterocycles. The number of aryl methyl sites for hydroxylation is 1. The van der Waals surface area contributed by atoms with Crippen LogP contribution in [0, 0.1) is 5.92 Å². The molecule has 1 N–H and O–H groups in total. The Morgan fingerprint density at radius 2 is 2.24 bits per heavy atom. The Balaban J connectivity index is 1.86. The summed E-state index contributed by atoms with van der Waals surface area (Å²) < 4.78 is 5.46. The van der Waals surface area contributed by atoms with Crippen molar-refractivity contribution < 1.29 is 9.52 Å². The first-order valence-electron chi connectivity index (χ1n) is 7.59. The summed E-state index contributed by atoms with van der Waals surface area (Å²) in [6, 6.07) is 3.81. The molecule has 1 saturated carbocycles. The molecule has 0 amide bonds. The molecule has 21 heavy (non-hydrogen) atoms. The summed E-state index contributed by atoms with van der Waals surface area (Å²) in [6.07, 6.45) is 4.62. The Bertz CT molecular complexity index is 774. The van der Waals surface area contributed by atoms with Crippen molar-refractivity contribution in [2.75, 3.05) is 5.75 Å². The molecule has 1 atom stereocenters. The number of phenols is 1. The molecule has 2 aliphatic rings. The Kier molecular flexibility index (Phi) is 3.03. The van der Waals surface area contributed by atoms with Gasteiger partial charge in [-0.15, -0.1) is 11.8 Å². The van der Waals surface area contributed by atoms with Crippen LogP contribution in [0.4, 0.5) is 0 Å². The highest BCUT2D eigenvalue weighted by Gasteiger charge is 2.26. The molecular formula is C17H18O3S. The number of phenolic OH excluding ortho intramolecular Hbond substituents is 1. The monoisotopic (exact) mass is 302 g/mol. The number of fused-ring (bicyclic) bond motifs is 3. The zero-order valence-corrected chi connectivity index (χ0v) is 12.8. The fourth-order valence-electron chi connectivity index (χ4n) is 3.30. The van der Waals surface area contributed by atoms with Crippen LogP contribution in [0.5, 0.6) is 5.75 Å². The van der Waals surface area contributed by atoms with E-state index in [0.717, 1.165) is 41.0 Å². The van der Waals surface area contributed by atoms with Crippen LogP contribution in [-0.2, 0) is 6.42 Å². The van der Waals surface area contributed by atoms with Gasteiger partial charge in [-0.1, -0.05) is 19.8 Å². The topological polar surface area (TPSA) is 50.4 Å². The van der Waals surface area contributed by atoms with E-state index >= 15 is 0 Å². The minimum atomic E-state index is -0.258. The molecule has 0 bridgehead atoms. The molecule has 0 radical (unpaired) electrons. The predicted molar refractivity (Wildman–Crippen MR) is 84.3 cm³/mol. The first-order valence-corrected chi connectivity index (χ1v) is 8.57. The summed E-state index contributed by atoms with van der Waals surface area (Å²) in [5, 5.41) is 11.2. The third-order valence-corrected chi connectivity index (χ3v) is 5.73. The Morgan fingerprint density at radius 1 is 1.43 bits per heavy atom. The summed E-state index contributed by atoms with van der Waals surface area (Å²) in [4.78, 5) is 12.7. The van der Waals surface area contributed by atoms with E-state index in [1.807, 2.05) is 12.1 Å². The first-order chi connectivity index (χ1) is 10.1. The van der Waals surface area contributed by atoms with Gasteiger partial charge in [0.25, 0.3) is 0 Å². The van der Waals surface area contributed by atoms with E-state index in [4.69, 9.17) is 4.42 Å². The maximum Gasteiger partial charge on any atom is 0.350 e. The van der Waals surface area contributed by atoms with Gasteiger partial charge in [-0.3, -0.25) is 0 Å². The molecular weight excluding hydrogens is 284 g/mol. The first kappa shape index (κ1) is 13.3. The highest BCUT2D eigenvalue weighted by atomic mass is 32.2. The van der Waals surface area contributed by atoms with Gasteiger partial charge >= 0.3 is 5.63 Å². The van der Waals surface area contributed by atoms with Gasteiger partial charge in [0.1, 0.15) is 11.3 Å². The Labute approximate surface area is 127 Å². The average Bonchev–Trinajstić information content (AvgIpc) is 3.11. The van der Waals surface area contributed by atoms with Gasteiger partial charge in [0.2, 0.25) is 0 Å². The van der Waals surface area contributed by atoms with E-state index in [0.29, 0.717) is 16.4 Å². The van der Waals surface area contributed by atoms with Crippen molar-refractivity contribution in [3.8, 4) is 5.75 Å². The highest BCUT2D eigenvalue weighted by Crippen LogP contribution is 2.42. The lowest BCUT2D eigenvalue weighted by Crippen LogP contribution is -2.04. The lowest BCUT2D eigenvalue weighted by Gasteiger charge is -2.14. The molecule has 3 nitrogen and oxygen atoms in total. The largest absolute Gasteiger partial charge is 0.507 e. The maximum absolute atomic E-state index is 12.0. The minimum Gasteiger partial charge on any atom is -0.507 e. The van der Waals surface area contributed by atoms with Crippen LogP contribution in [0.3, 0.4) is 0 Å². The fraction of sp³-hybridized carbons (Fsp3) is 0.471. The smallest absolute Gasteiger partial charge is 0.350 e. The summed E-state index contributed by atoms with van der Waals surface area (Å²) in [5.41, 5.74) is 2.32. The van der Waals surface area contributed by atoms with Gasteiger partial charge in [-0.05, 0) is 47.9 Å². The molecule has 2 aromatic rings. The van der Waals surface area contributed by atoms with Gasteiger partial charge in [0.05, 0.1) is 10.3 Å². The van der Waals surface area contributed by atoms with Crippen LogP contribution in [0.25, 0.3) is 11.0 Å². The maximum atomic E-state index is 12.0. The normalized spacial score (nSPS) is 18.9. The molecule has 1 aromatic carbocycles. The average molecular weight is 302 g/mol. The number of hydrogen-bond acceptors (Lipinski definition) is 4. The van der Waals surface area contributed by atoms with Crippen LogP contribution in [-0.4, -0.2) is 10.9 Å². The molecule has 110 valence electrons. The number of thioether (sulfide) groups is 1. The zero-order chi connectivity index (χ0) is 14.6. The molecule has 1 aliphatic carbocycles. The van der Waals surface area contributed by atoms with E-state index in [1.165, 1.54) is 24.6 Å². The van der Waals surface area contributed by atoms with E-state index in [9.17, 15) is 9.90 Å². The SMILES string of the molecule is CC(CC1CC1)c1cc(O)c2c3c(c(=O)oc2c1)SCC3. The molecule has 0 saturated heterocycles. The van der Waals surface area contributed by atoms with Crippen molar-refractivity contribution in [2.45, 2.75) is 43.4 Å². The highest BCUT2D eigenvalue weighted by molar-refractivity contribution is 7.99. The predicted octanol–water partition coefficient (Wildman–Crippen LogP) is 4.05. The lowest BCUT2D eigenvalue weighted by molar-refractivity contribution is 0.474. The third-order valence-electron chi connectivity index (χ3n) is 4.62. The minimum absolute atomic E-state index is 0.257. The van der Waals surface area contributed by atoms with Crippen LogP contribution in [0.2, 0.25) is 0 Å². The summed E-state index contributed by atoms with van der Waals surface area (Å²) in [6.45, 7) is 2.18. The van der Waals surface area contributed by atoms with Gasteiger partial charge in [-0.2, -0.15) is 0 Å². The summed E-state index contributed by atoms with van der Waals surface area (Å²) in [7, 11) is 0. The van der Waals surface area contributed by atoms with E-state index in [1.54, 1.807) is 0 Å². The Morgan fingerprint density at radius 3 is 3.00 bits per heavy atom. The van der Waals surface area contributed by atoms with Crippen molar-refractivity contribution >= 4 is 22.7 Å². The van der Waals surface area contributed by atoms with Crippen molar-refractivity contribution in [1.29, 1.82) is 0 Å². The van der Waals surface area contributed by atoms with Gasteiger partial charge in [0, 0.05) is 5.75 Å². The third kappa shape index (κ3) is 2.26. The summed E-state index contributed by atoms with van der Waals surface area (Å²) >= 11 is 1.53. The molecule has 0 spiro atoms. The van der Waals surface area contributed by atoms with Crippen LogP contribution < -0.4 is 5.63 Å². The standard InChI is InChI=1S/C17H18O3S/c1-9(6-10-2-3-10)11-7-13(18)15-12-4-5-21-16(12)17(19)20-14(15)8-11/h7-10,18H,2-6H2,1H3. The van der Waals surface area contributed by atoms with Crippen LogP contribution in [0.1, 0.15) is 43.2 Å². The zero-order valence-electron chi connectivity index (χ0n) is 12.0. The lowest BCUT2D eigenvalue weighted by atomic mass is 9.93. The van der Waals surface area contributed by atoms with Crippen molar-refractivity contribution in [3.63, 3.8) is 0 Å². The fourth-order valence-corrected chi connectivity index (χ4v) is 4.35. The van der Waals surface area contributed by atoms with E-state index < -0.39 is 0 Å². The Hall–Kier alpha value is -1.42. The second-order valence-electron chi connectivity index (χ2n) is 6.29. The molecule has 4 heteroatoms. The van der Waals surface area contributed by atoms with E-state index in [-0.39, 0.29) is 11.4 Å². The molecule has 1 fully saturated rings. The van der Waals surface area contributed by atoms with Crippen molar-refractivity contribution in [3.05, 3.63) is 33.7 Å². The van der Waals surface area contributed by atoms with Gasteiger partial charge in [0.15, 0.2) is 0 Å². The molecule has 4 rings (SSSR count). The van der Waals surface area contributed by atoms with Gasteiger partial charge in [-0.25, -0.2) is 4.79 Å². The molecule has 1 aromatic heterocycles. The van der Waals surface area contributed by atoms with Crippen molar-refractivity contribution in [2.24, 2.45) is 5.92 Å². The van der Waals surface area contributed by atoms with Crippen LogP contribution in [0.15, 0.2) is 26.2 Å². The number of benzene rings is 1. The number of rotatable bonds is 3. The number of hydrogen-bond donors (Lipinski definition) is 1. The second-order valence-corrected chi connectivity index (χ2v) is 7.39. The van der Waals surface area contributed by atoms with Crippen LogP contribution >= 0.6 is 11.8 Å². The molecule has 1 aliphatic heterocycles. The van der Waals surface area contributed by atoms with Gasteiger partial charge < -0.3 is 9.52 Å². The quantitative estimate of drug-likeness (QED) is 0.869. The van der Waals surface area contributed by atoms with E-state index in [2.05, 4.69) is 6.92 Å². The number of aromatic hydroxyl groups is 1. The molecule has 1 unspecified atom stereocenters.